The van der Waals surface area contributed by atoms with E-state index in [9.17, 15) is 19.5 Å². The number of nitrogens with zero attached hydrogens (tertiary/aromatic N) is 2. The van der Waals surface area contributed by atoms with Crippen molar-refractivity contribution in [2.45, 2.75) is 37.8 Å². The molecule has 9 nitrogen and oxygen atoms in total. The number of piperazine rings is 1. The summed E-state index contributed by atoms with van der Waals surface area (Å²) < 4.78 is 0. The maximum atomic E-state index is 12.8. The van der Waals surface area contributed by atoms with Gasteiger partial charge in [0, 0.05) is 32.7 Å². The number of hydrogen-bond donors (Lipinski definition) is 4. The lowest BCUT2D eigenvalue weighted by Gasteiger charge is -2.29. The van der Waals surface area contributed by atoms with Crippen LogP contribution in [-0.4, -0.2) is 90.6 Å². The van der Waals surface area contributed by atoms with Crippen LogP contribution >= 0.6 is 0 Å². The summed E-state index contributed by atoms with van der Waals surface area (Å²) in [7, 11) is 0. The first kappa shape index (κ1) is 19.6. The van der Waals surface area contributed by atoms with Crippen molar-refractivity contribution in [2.24, 2.45) is 5.73 Å². The molecule has 0 bridgehead atoms. The Morgan fingerprint density at radius 3 is 2.60 bits per heavy atom. The molecule has 2 saturated heterocycles. The summed E-state index contributed by atoms with van der Waals surface area (Å²) in [5.41, 5.74) is 5.54. The van der Waals surface area contributed by atoms with Crippen LogP contribution in [0.2, 0.25) is 0 Å². The highest BCUT2D eigenvalue weighted by Gasteiger charge is 2.37. The number of nitrogens with one attached hydrogen (secondary N) is 2. The average Bonchev–Trinajstić information content (AvgIpc) is 3.08. The van der Waals surface area contributed by atoms with Crippen molar-refractivity contribution >= 4 is 17.8 Å². The molecule has 0 unspecified atom stereocenters. The molecule has 2 amide bonds. The van der Waals surface area contributed by atoms with Gasteiger partial charge in [-0.3, -0.25) is 14.5 Å². The molecule has 5 N–H and O–H groups in total. The van der Waals surface area contributed by atoms with Gasteiger partial charge in [0.05, 0.1) is 6.54 Å². The smallest absolute Gasteiger partial charge is 0.326 e. The van der Waals surface area contributed by atoms with Crippen molar-refractivity contribution in [3.8, 4) is 0 Å². The molecule has 0 aromatic carbocycles. The van der Waals surface area contributed by atoms with Crippen LogP contribution in [0.5, 0.6) is 0 Å². The summed E-state index contributed by atoms with van der Waals surface area (Å²) in [6.45, 7) is 4.36. The van der Waals surface area contributed by atoms with Crippen LogP contribution in [0.1, 0.15) is 25.7 Å². The maximum absolute atomic E-state index is 12.8. The topological polar surface area (TPSA) is 128 Å². The third-order valence-electron chi connectivity index (χ3n) is 4.73. The summed E-state index contributed by atoms with van der Waals surface area (Å²) in [6, 6.07) is -1.50. The number of hydrogen-bond acceptors (Lipinski definition) is 6. The van der Waals surface area contributed by atoms with E-state index in [4.69, 9.17) is 5.73 Å². The van der Waals surface area contributed by atoms with Crippen LogP contribution < -0.4 is 16.4 Å². The number of rotatable bonds is 8. The van der Waals surface area contributed by atoms with E-state index in [0.717, 1.165) is 26.2 Å². The average molecular weight is 355 g/mol. The molecule has 142 valence electrons. The lowest BCUT2D eigenvalue weighted by atomic mass is 10.1. The van der Waals surface area contributed by atoms with Crippen LogP contribution in [-0.2, 0) is 14.4 Å². The molecular weight excluding hydrogens is 326 g/mol. The van der Waals surface area contributed by atoms with Gasteiger partial charge in [0.15, 0.2) is 0 Å². The van der Waals surface area contributed by atoms with Crippen molar-refractivity contribution in [3.63, 3.8) is 0 Å². The summed E-state index contributed by atoms with van der Waals surface area (Å²) in [5, 5.41) is 15.3. The number of amides is 2. The first-order chi connectivity index (χ1) is 12.0. The van der Waals surface area contributed by atoms with E-state index >= 15 is 0 Å². The van der Waals surface area contributed by atoms with Crippen LogP contribution in [0, 0.1) is 0 Å². The van der Waals surface area contributed by atoms with E-state index in [1.807, 2.05) is 4.90 Å². The van der Waals surface area contributed by atoms with E-state index in [-0.39, 0.29) is 18.4 Å². The van der Waals surface area contributed by atoms with Gasteiger partial charge in [0.2, 0.25) is 11.8 Å². The molecule has 2 atom stereocenters. The highest BCUT2D eigenvalue weighted by molar-refractivity contribution is 5.91. The molecule has 2 rings (SSSR count). The van der Waals surface area contributed by atoms with Crippen LogP contribution in [0.15, 0.2) is 0 Å². The zero-order chi connectivity index (χ0) is 18.2. The monoisotopic (exact) mass is 355 g/mol. The Hall–Kier alpha value is -1.71. The Bertz CT molecular complexity index is 481. The van der Waals surface area contributed by atoms with Crippen molar-refractivity contribution in [1.82, 2.24) is 20.4 Å². The minimum atomic E-state index is -0.990. The van der Waals surface area contributed by atoms with Crippen LogP contribution in [0.3, 0.4) is 0 Å². The zero-order valence-electron chi connectivity index (χ0n) is 14.6. The molecular formula is C16H29N5O4. The van der Waals surface area contributed by atoms with E-state index in [0.29, 0.717) is 38.8 Å². The third kappa shape index (κ3) is 5.65. The highest BCUT2D eigenvalue weighted by Crippen LogP contribution is 2.19. The van der Waals surface area contributed by atoms with Gasteiger partial charge in [-0.2, -0.15) is 0 Å². The molecule has 0 saturated carbocycles. The Labute approximate surface area is 147 Å². The van der Waals surface area contributed by atoms with Gasteiger partial charge in [0.1, 0.15) is 12.1 Å². The highest BCUT2D eigenvalue weighted by atomic mass is 16.4. The number of carboxylic acid groups (broad SMARTS) is 1. The summed E-state index contributed by atoms with van der Waals surface area (Å²) >= 11 is 0. The molecule has 2 fully saturated rings. The number of nitrogens with two attached hydrogens (primary N) is 1. The van der Waals surface area contributed by atoms with Crippen molar-refractivity contribution in [1.29, 1.82) is 0 Å². The second-order valence-electron chi connectivity index (χ2n) is 6.61. The summed E-state index contributed by atoms with van der Waals surface area (Å²) in [4.78, 5) is 39.8. The zero-order valence-corrected chi connectivity index (χ0v) is 14.6. The van der Waals surface area contributed by atoms with Gasteiger partial charge in [0.25, 0.3) is 0 Å². The van der Waals surface area contributed by atoms with Gasteiger partial charge in [-0.15, -0.1) is 0 Å². The van der Waals surface area contributed by atoms with E-state index in [1.165, 1.54) is 4.90 Å². The second kappa shape index (κ2) is 9.69. The molecule has 0 aliphatic carbocycles. The van der Waals surface area contributed by atoms with Gasteiger partial charge in [-0.05, 0) is 32.2 Å². The standard InChI is InChI=1S/C16H29N5O4/c17-5-1-3-12(15(23)21-8-2-4-13(21)16(24)25)19-14(22)11-20-9-6-18-7-10-20/h12-13,18H,1-11,17H2,(H,19,22)(H,24,25)/t12-,13-/m0/s1. The molecule has 2 heterocycles. The molecule has 0 aromatic heterocycles. The van der Waals surface area contributed by atoms with E-state index in [2.05, 4.69) is 10.6 Å². The quantitative estimate of drug-likeness (QED) is 0.404. The molecule has 0 radical (unpaired) electrons. The minimum Gasteiger partial charge on any atom is -0.480 e. The Kier molecular flexibility index (Phi) is 7.60. The fourth-order valence-electron chi connectivity index (χ4n) is 3.38. The molecule has 2 aliphatic heterocycles. The number of aliphatic carboxylic acids is 1. The number of carbonyl (C=O) groups excluding carboxylic acids is 2. The lowest BCUT2D eigenvalue weighted by Crippen LogP contribution is -2.54. The summed E-state index contributed by atoms with van der Waals surface area (Å²) in [6.07, 6.45) is 2.14. The normalized spacial score (nSPS) is 22.6. The van der Waals surface area contributed by atoms with Crippen LogP contribution in [0.4, 0.5) is 0 Å². The minimum absolute atomic E-state index is 0.205. The first-order valence-electron chi connectivity index (χ1n) is 8.98. The Morgan fingerprint density at radius 1 is 1.24 bits per heavy atom. The SMILES string of the molecule is NCCC[C@H](NC(=O)CN1CCNCC1)C(=O)N1CCC[C@H]1C(=O)O. The lowest BCUT2D eigenvalue weighted by molar-refractivity contribution is -0.149. The fourth-order valence-corrected chi connectivity index (χ4v) is 3.38. The predicted molar refractivity (Wildman–Crippen MR) is 91.9 cm³/mol. The Morgan fingerprint density at radius 2 is 1.96 bits per heavy atom. The molecule has 9 heteroatoms. The second-order valence-corrected chi connectivity index (χ2v) is 6.61. The number of carbonyl (C=O) groups is 3. The van der Waals surface area contributed by atoms with Crippen molar-refractivity contribution in [3.05, 3.63) is 0 Å². The molecule has 2 aliphatic rings. The Balaban J connectivity index is 1.95. The third-order valence-corrected chi connectivity index (χ3v) is 4.73. The van der Waals surface area contributed by atoms with E-state index in [1.54, 1.807) is 0 Å². The summed E-state index contributed by atoms with van der Waals surface area (Å²) in [5.74, 6) is -1.51. The number of carboxylic acids is 1. The molecule has 0 spiro atoms. The van der Waals surface area contributed by atoms with Gasteiger partial charge in [-0.25, -0.2) is 4.79 Å². The van der Waals surface area contributed by atoms with Crippen molar-refractivity contribution in [2.75, 3.05) is 45.8 Å². The van der Waals surface area contributed by atoms with Crippen molar-refractivity contribution < 1.29 is 19.5 Å². The number of likely N-dealkylation sites (tertiary alicyclic amines) is 1. The van der Waals surface area contributed by atoms with Crippen LogP contribution in [0.25, 0.3) is 0 Å². The predicted octanol–water partition coefficient (Wildman–Crippen LogP) is -1.81. The first-order valence-corrected chi connectivity index (χ1v) is 8.98. The molecule has 0 aromatic rings. The van der Waals surface area contributed by atoms with Gasteiger partial charge >= 0.3 is 5.97 Å². The van der Waals surface area contributed by atoms with E-state index < -0.39 is 18.1 Å². The van der Waals surface area contributed by atoms with Gasteiger partial charge in [-0.1, -0.05) is 0 Å². The largest absolute Gasteiger partial charge is 0.480 e. The molecule has 25 heavy (non-hydrogen) atoms. The van der Waals surface area contributed by atoms with Gasteiger partial charge < -0.3 is 26.4 Å². The maximum Gasteiger partial charge on any atom is 0.326 e. The fraction of sp³-hybridized carbons (Fsp3) is 0.812.